The summed E-state index contributed by atoms with van der Waals surface area (Å²) in [6.07, 6.45) is 2.25. The van der Waals surface area contributed by atoms with Crippen LogP contribution in [0.3, 0.4) is 0 Å². The summed E-state index contributed by atoms with van der Waals surface area (Å²) in [5.74, 6) is 0.0228. The Hall–Kier alpha value is -1.76. The van der Waals surface area contributed by atoms with Gasteiger partial charge in [-0.3, -0.25) is 9.79 Å². The minimum Gasteiger partial charge on any atom is -0.402 e. The van der Waals surface area contributed by atoms with Gasteiger partial charge in [-0.1, -0.05) is 16.7 Å². The zero-order valence-electron chi connectivity index (χ0n) is 11.7. The molecule has 16 heteroatoms. The molecule has 3 rings (SSSR count). The summed E-state index contributed by atoms with van der Waals surface area (Å²) in [6, 6.07) is 3.44. The first-order chi connectivity index (χ1) is 11.2. The van der Waals surface area contributed by atoms with Crippen LogP contribution in [-0.2, 0) is 4.57 Å². The van der Waals surface area contributed by atoms with Crippen molar-refractivity contribution in [1.29, 1.82) is 0 Å². The van der Waals surface area contributed by atoms with Gasteiger partial charge >= 0.3 is 7.82 Å². The van der Waals surface area contributed by atoms with Crippen molar-refractivity contribution < 1.29 is 23.9 Å². The first kappa shape index (κ1) is 21.3. The SMILES string of the molecule is Cl.O=P(O)(O)Oc1c[nH]c2ccc(Br)c(Cl)c12.O=[N+]([O-])n1cnnn1. The standard InChI is InChI=1S/C8H6BrClNO4P.CHN5O2.ClH/c9-4-1-2-5-7(8(4)10)6(3-11-5)15-16(12,13)14;7-6(8)5-1-2-3-4-5;/h1-3,11H,(H2,12,13,14);1H;1H. The van der Waals surface area contributed by atoms with Crippen molar-refractivity contribution in [2.24, 2.45) is 0 Å². The third-order valence-corrected chi connectivity index (χ3v) is 4.14. The second kappa shape index (κ2) is 8.56. The molecule has 0 spiro atoms. The van der Waals surface area contributed by atoms with Crippen LogP contribution in [0.15, 0.2) is 29.1 Å². The maximum atomic E-state index is 10.7. The molecule has 12 nitrogen and oxygen atoms in total. The summed E-state index contributed by atoms with van der Waals surface area (Å²) in [5.41, 5.74) is 0.636. The van der Waals surface area contributed by atoms with Crippen LogP contribution >= 0.6 is 47.8 Å². The van der Waals surface area contributed by atoms with Gasteiger partial charge in [0.1, 0.15) is 5.21 Å². The number of tetrazole rings is 1. The average molecular weight is 478 g/mol. The molecule has 3 aromatic rings. The fourth-order valence-electron chi connectivity index (χ4n) is 1.56. The van der Waals surface area contributed by atoms with Gasteiger partial charge in [0.15, 0.2) is 5.75 Å². The van der Waals surface area contributed by atoms with Crippen LogP contribution in [0, 0.1) is 10.1 Å². The molecule has 0 aliphatic heterocycles. The van der Waals surface area contributed by atoms with Crippen LogP contribution in [0.2, 0.25) is 5.02 Å². The molecule has 0 radical (unpaired) electrons. The summed E-state index contributed by atoms with van der Waals surface area (Å²) in [6.45, 7) is 0. The van der Waals surface area contributed by atoms with Crippen molar-refractivity contribution in [2.75, 3.05) is 0 Å². The Labute approximate surface area is 158 Å². The third-order valence-electron chi connectivity index (χ3n) is 2.42. The van der Waals surface area contributed by atoms with E-state index < -0.39 is 12.9 Å². The number of aromatic amines is 1. The number of phosphoric acid groups is 1. The topological polar surface area (TPSA) is 169 Å². The lowest BCUT2D eigenvalue weighted by Crippen LogP contribution is -2.08. The maximum absolute atomic E-state index is 10.7. The van der Waals surface area contributed by atoms with E-state index in [1.54, 1.807) is 12.1 Å². The summed E-state index contributed by atoms with van der Waals surface area (Å²) in [5, 5.41) is 18.8. The number of aromatic nitrogens is 5. The Morgan fingerprint density at radius 2 is 2.12 bits per heavy atom. The minimum absolute atomic E-state index is 0. The lowest BCUT2D eigenvalue weighted by molar-refractivity contribution is -0.553. The van der Waals surface area contributed by atoms with E-state index in [2.05, 4.69) is 41.0 Å². The average Bonchev–Trinajstić information content (AvgIpc) is 3.12. The molecule has 0 fully saturated rings. The molecular formula is C9H8BrCl2N6O6P. The monoisotopic (exact) mass is 476 g/mol. The van der Waals surface area contributed by atoms with Crippen LogP contribution in [0.25, 0.3) is 10.9 Å². The Kier molecular flexibility index (Phi) is 7.29. The Morgan fingerprint density at radius 1 is 1.44 bits per heavy atom. The molecular weight excluding hydrogens is 470 g/mol. The van der Waals surface area contributed by atoms with Crippen molar-refractivity contribution in [2.45, 2.75) is 0 Å². The molecule has 2 aromatic heterocycles. The van der Waals surface area contributed by atoms with Gasteiger partial charge in [0.2, 0.25) is 11.5 Å². The fraction of sp³-hybridized carbons (Fsp3) is 0. The highest BCUT2D eigenvalue weighted by Gasteiger charge is 2.20. The molecule has 136 valence electrons. The highest BCUT2D eigenvalue weighted by atomic mass is 79.9. The van der Waals surface area contributed by atoms with E-state index in [-0.39, 0.29) is 18.2 Å². The normalized spacial score (nSPS) is 10.6. The largest absolute Gasteiger partial charge is 0.524 e. The number of H-pyrrole nitrogens is 1. The Bertz CT molecular complexity index is 915. The van der Waals surface area contributed by atoms with Gasteiger partial charge in [-0.2, -0.15) is 0 Å². The number of phosphoric ester groups is 1. The lowest BCUT2D eigenvalue weighted by Gasteiger charge is -2.06. The predicted molar refractivity (Wildman–Crippen MR) is 91.1 cm³/mol. The summed E-state index contributed by atoms with van der Waals surface area (Å²) < 4.78 is 15.9. The van der Waals surface area contributed by atoms with E-state index in [0.29, 0.717) is 25.2 Å². The first-order valence-corrected chi connectivity index (χ1v) is 8.47. The second-order valence-corrected chi connectivity index (χ2v) is 6.38. The minimum atomic E-state index is -4.59. The van der Waals surface area contributed by atoms with Crippen molar-refractivity contribution in [3.05, 3.63) is 44.3 Å². The maximum Gasteiger partial charge on any atom is 0.524 e. The summed E-state index contributed by atoms with van der Waals surface area (Å²) in [4.78, 5) is 30.4. The van der Waals surface area contributed by atoms with Crippen LogP contribution in [0.5, 0.6) is 5.75 Å². The van der Waals surface area contributed by atoms with E-state index in [1.807, 2.05) is 0 Å². The number of nitrogens with zero attached hydrogens (tertiary/aromatic N) is 5. The molecule has 1 aromatic carbocycles. The number of nitrogens with one attached hydrogen (secondary N) is 1. The van der Waals surface area contributed by atoms with E-state index in [1.165, 1.54) is 6.20 Å². The number of nitro groups is 1. The molecule has 25 heavy (non-hydrogen) atoms. The number of halogens is 3. The van der Waals surface area contributed by atoms with Crippen LogP contribution in [-0.4, -0.2) is 40.1 Å². The molecule has 0 saturated heterocycles. The number of hydrogen-bond donors (Lipinski definition) is 3. The van der Waals surface area contributed by atoms with Crippen molar-refractivity contribution in [3.8, 4) is 5.75 Å². The van der Waals surface area contributed by atoms with Gasteiger partial charge < -0.3 is 19.6 Å². The van der Waals surface area contributed by atoms with Crippen molar-refractivity contribution in [1.82, 2.24) is 25.3 Å². The zero-order valence-corrected chi connectivity index (χ0v) is 15.7. The molecule has 0 bridgehead atoms. The molecule has 2 heterocycles. The van der Waals surface area contributed by atoms with E-state index in [4.69, 9.17) is 21.4 Å². The van der Waals surface area contributed by atoms with E-state index >= 15 is 0 Å². The van der Waals surface area contributed by atoms with Crippen LogP contribution in [0.1, 0.15) is 0 Å². The van der Waals surface area contributed by atoms with Crippen molar-refractivity contribution >= 4 is 58.7 Å². The molecule has 0 aliphatic carbocycles. The molecule has 0 aliphatic rings. The number of benzene rings is 1. The lowest BCUT2D eigenvalue weighted by atomic mass is 10.2. The molecule has 0 saturated carbocycles. The van der Waals surface area contributed by atoms with Crippen LogP contribution in [0.4, 0.5) is 0 Å². The Morgan fingerprint density at radius 3 is 2.60 bits per heavy atom. The van der Waals surface area contributed by atoms with Crippen molar-refractivity contribution in [3.63, 3.8) is 0 Å². The smallest absolute Gasteiger partial charge is 0.402 e. The van der Waals surface area contributed by atoms with Gasteiger partial charge in [-0.15, -0.1) is 12.4 Å². The highest BCUT2D eigenvalue weighted by molar-refractivity contribution is 9.10. The third kappa shape index (κ3) is 5.63. The highest BCUT2D eigenvalue weighted by Crippen LogP contribution is 2.44. The predicted octanol–water partition coefficient (Wildman–Crippen LogP) is 2.19. The van der Waals surface area contributed by atoms with Gasteiger partial charge in [0.25, 0.3) is 0 Å². The summed E-state index contributed by atoms with van der Waals surface area (Å²) in [7, 11) is -4.59. The number of fused-ring (bicyclic) bond motifs is 1. The Balaban J connectivity index is 0.000000295. The molecule has 3 N–H and O–H groups in total. The molecule has 0 unspecified atom stereocenters. The molecule has 0 amide bonds. The fourth-order valence-corrected chi connectivity index (χ4v) is 2.55. The van der Waals surface area contributed by atoms with E-state index in [9.17, 15) is 14.7 Å². The van der Waals surface area contributed by atoms with Crippen LogP contribution < -0.4 is 4.52 Å². The quantitative estimate of drug-likeness (QED) is 0.290. The van der Waals surface area contributed by atoms with Gasteiger partial charge in [-0.25, -0.2) is 4.57 Å². The van der Waals surface area contributed by atoms with Gasteiger partial charge in [0, 0.05) is 10.7 Å². The number of rotatable bonds is 3. The zero-order chi connectivity index (χ0) is 17.9. The van der Waals surface area contributed by atoms with Gasteiger partial charge in [-0.05, 0) is 28.1 Å². The van der Waals surface area contributed by atoms with E-state index in [0.717, 1.165) is 6.33 Å². The second-order valence-electron chi connectivity index (χ2n) is 3.99. The molecule has 0 atom stereocenters. The first-order valence-electron chi connectivity index (χ1n) is 5.77. The summed E-state index contributed by atoms with van der Waals surface area (Å²) >= 11 is 9.22. The number of hydrogen-bond acceptors (Lipinski definition) is 7. The van der Waals surface area contributed by atoms with Gasteiger partial charge in [0.05, 0.1) is 25.7 Å².